The zero-order valence-electron chi connectivity index (χ0n) is 28.5. The van der Waals surface area contributed by atoms with Crippen molar-refractivity contribution in [3.05, 3.63) is 180 Å². The Morgan fingerprint density at radius 3 is 0.857 bits per heavy atom. The molecule has 0 saturated heterocycles. The average molecular weight is 631 g/mol. The van der Waals surface area contributed by atoms with Gasteiger partial charge in [0.05, 0.1) is 0 Å². The van der Waals surface area contributed by atoms with Crippen molar-refractivity contribution in [3.63, 3.8) is 0 Å². The molecule has 0 atom stereocenters. The molecule has 0 unspecified atom stereocenters. The molecule has 0 aliphatic heterocycles. The first kappa shape index (κ1) is 30.8. The van der Waals surface area contributed by atoms with Crippen LogP contribution in [0.1, 0.15) is 37.0 Å². The molecule has 9 aromatic rings. The predicted octanol–water partition coefficient (Wildman–Crippen LogP) is 13.7. The Kier molecular flexibility index (Phi) is 8.54. The van der Waals surface area contributed by atoms with Gasteiger partial charge in [-0.2, -0.15) is 0 Å². The Balaban J connectivity index is 0.000000172. The van der Waals surface area contributed by atoms with E-state index in [0.717, 1.165) is 19.3 Å². The Hall–Kier alpha value is -5.46. The van der Waals surface area contributed by atoms with E-state index in [9.17, 15) is 0 Å². The minimum Gasteiger partial charge on any atom is -0.0651 e. The highest BCUT2D eigenvalue weighted by Gasteiger charge is 2.15. The lowest BCUT2D eigenvalue weighted by Gasteiger charge is -2.19. The number of benzene rings is 9. The van der Waals surface area contributed by atoms with Crippen molar-refractivity contribution in [1.29, 1.82) is 0 Å². The quantitative estimate of drug-likeness (QED) is 0.160. The van der Waals surface area contributed by atoms with Gasteiger partial charge in [0.2, 0.25) is 0 Å². The van der Waals surface area contributed by atoms with E-state index < -0.39 is 0 Å². The van der Waals surface area contributed by atoms with Gasteiger partial charge >= 0.3 is 0 Å². The predicted molar refractivity (Wildman–Crippen MR) is 215 cm³/mol. The fourth-order valence-corrected chi connectivity index (χ4v) is 8.05. The van der Waals surface area contributed by atoms with Crippen LogP contribution in [0.25, 0.3) is 64.6 Å². The molecule has 0 aliphatic carbocycles. The standard InChI is InChI=1S/C32H26.C17H16/c1-22(18-31-27-14-6-2-10-23(27)20-24-11-3-7-15-28(24)31)19-32-29-16-8-4-12-25(29)21-26-13-5-9-17-30(26)32;1-2-7-17-15-10-5-3-8-13(15)12-14-9-4-6-11-16(14)17/h2-17,20-22H,18-19H2,1H3;3-6,8-12H,2,7H2,1H3. The van der Waals surface area contributed by atoms with E-state index in [1.165, 1.54) is 87.7 Å². The zero-order chi connectivity index (χ0) is 33.2. The molecule has 0 heterocycles. The van der Waals surface area contributed by atoms with Gasteiger partial charge in [-0.05, 0) is 125 Å². The molecule has 0 nitrogen and oxygen atoms in total. The Morgan fingerprint density at radius 1 is 0.347 bits per heavy atom. The van der Waals surface area contributed by atoms with Gasteiger partial charge in [0.25, 0.3) is 0 Å². The van der Waals surface area contributed by atoms with Crippen LogP contribution in [0.15, 0.2) is 164 Å². The second kappa shape index (κ2) is 13.6. The molecule has 9 rings (SSSR count). The van der Waals surface area contributed by atoms with E-state index in [0.29, 0.717) is 5.92 Å². The SMILES string of the molecule is CC(Cc1c2ccccc2cc2ccccc12)Cc1c2ccccc2cc2ccccc12.CCCc1c2ccccc2cc2ccccc12. The van der Waals surface area contributed by atoms with E-state index in [1.54, 1.807) is 0 Å². The molecule has 0 amide bonds. The maximum Gasteiger partial charge on any atom is -0.0145 e. The van der Waals surface area contributed by atoms with Gasteiger partial charge in [-0.25, -0.2) is 0 Å². The summed E-state index contributed by atoms with van der Waals surface area (Å²) in [6.07, 6.45) is 4.48. The number of aryl methyl sites for hydroxylation is 1. The van der Waals surface area contributed by atoms with Crippen LogP contribution in [0, 0.1) is 5.92 Å². The Labute approximate surface area is 289 Å². The summed E-state index contributed by atoms with van der Waals surface area (Å²) in [4.78, 5) is 0. The van der Waals surface area contributed by atoms with Gasteiger partial charge in [-0.15, -0.1) is 0 Å². The van der Waals surface area contributed by atoms with E-state index in [1.807, 2.05) is 0 Å². The van der Waals surface area contributed by atoms with Gasteiger partial charge in [0.1, 0.15) is 0 Å². The van der Waals surface area contributed by atoms with Gasteiger partial charge in [0.15, 0.2) is 0 Å². The molecular weight excluding hydrogens is 589 g/mol. The lowest BCUT2D eigenvalue weighted by Crippen LogP contribution is -2.06. The first-order valence-electron chi connectivity index (χ1n) is 17.9. The summed E-state index contributed by atoms with van der Waals surface area (Å²) in [6, 6.07) is 59.8. The van der Waals surface area contributed by atoms with Crippen molar-refractivity contribution in [1.82, 2.24) is 0 Å². The maximum absolute atomic E-state index is 2.41. The van der Waals surface area contributed by atoms with Crippen LogP contribution in [0.3, 0.4) is 0 Å². The summed E-state index contributed by atoms with van der Waals surface area (Å²) >= 11 is 0. The second-order valence-electron chi connectivity index (χ2n) is 13.7. The van der Waals surface area contributed by atoms with Crippen LogP contribution in [0.5, 0.6) is 0 Å². The lowest BCUT2D eigenvalue weighted by molar-refractivity contribution is 0.585. The summed E-state index contributed by atoms with van der Waals surface area (Å²) < 4.78 is 0. The molecule has 238 valence electrons. The first-order valence-corrected chi connectivity index (χ1v) is 17.9. The molecule has 0 aromatic heterocycles. The topological polar surface area (TPSA) is 0 Å². The molecule has 0 bridgehead atoms. The van der Waals surface area contributed by atoms with Crippen molar-refractivity contribution in [2.24, 2.45) is 5.92 Å². The van der Waals surface area contributed by atoms with Crippen molar-refractivity contribution in [3.8, 4) is 0 Å². The van der Waals surface area contributed by atoms with Crippen molar-refractivity contribution in [2.75, 3.05) is 0 Å². The highest BCUT2D eigenvalue weighted by Crippen LogP contribution is 2.34. The largest absolute Gasteiger partial charge is 0.0651 e. The Bertz CT molecular complexity index is 2310. The molecule has 0 heteroatoms. The molecule has 0 N–H and O–H groups in total. The summed E-state index contributed by atoms with van der Waals surface area (Å²) in [5.41, 5.74) is 4.47. The van der Waals surface area contributed by atoms with Crippen LogP contribution >= 0.6 is 0 Å². The average Bonchev–Trinajstić information content (AvgIpc) is 3.15. The monoisotopic (exact) mass is 630 g/mol. The third-order valence-corrected chi connectivity index (χ3v) is 10.3. The maximum atomic E-state index is 2.41. The number of hydrogen-bond donors (Lipinski definition) is 0. The molecular formula is C49H42. The summed E-state index contributed by atoms with van der Waals surface area (Å²) in [5.74, 6) is 0.526. The molecule has 0 saturated carbocycles. The van der Waals surface area contributed by atoms with E-state index in [-0.39, 0.29) is 0 Å². The smallest absolute Gasteiger partial charge is 0.0145 e. The number of rotatable bonds is 6. The molecule has 0 fully saturated rings. The third kappa shape index (κ3) is 6.05. The molecule has 0 aliphatic rings. The highest BCUT2D eigenvalue weighted by atomic mass is 14.2. The van der Waals surface area contributed by atoms with E-state index in [2.05, 4.69) is 178 Å². The lowest BCUT2D eigenvalue weighted by atomic mass is 9.85. The summed E-state index contributed by atoms with van der Waals surface area (Å²) in [6.45, 7) is 4.66. The molecule has 0 radical (unpaired) electrons. The van der Waals surface area contributed by atoms with Crippen molar-refractivity contribution in [2.45, 2.75) is 39.5 Å². The van der Waals surface area contributed by atoms with Gasteiger partial charge in [-0.3, -0.25) is 0 Å². The minimum atomic E-state index is 0.526. The molecule has 0 spiro atoms. The summed E-state index contributed by atoms with van der Waals surface area (Å²) in [7, 11) is 0. The van der Waals surface area contributed by atoms with Gasteiger partial charge < -0.3 is 0 Å². The van der Waals surface area contributed by atoms with Crippen LogP contribution in [-0.4, -0.2) is 0 Å². The molecule has 9 aromatic carbocycles. The minimum absolute atomic E-state index is 0.526. The van der Waals surface area contributed by atoms with Gasteiger partial charge in [-0.1, -0.05) is 166 Å². The van der Waals surface area contributed by atoms with Crippen LogP contribution in [0.2, 0.25) is 0 Å². The Morgan fingerprint density at radius 2 is 0.592 bits per heavy atom. The first-order chi connectivity index (χ1) is 24.2. The number of hydrogen-bond acceptors (Lipinski definition) is 0. The normalized spacial score (nSPS) is 11.6. The fraction of sp³-hybridized carbons (Fsp3) is 0.143. The van der Waals surface area contributed by atoms with Crippen molar-refractivity contribution >= 4 is 64.6 Å². The third-order valence-electron chi connectivity index (χ3n) is 10.3. The summed E-state index contributed by atoms with van der Waals surface area (Å²) in [5, 5.41) is 16.4. The zero-order valence-corrected chi connectivity index (χ0v) is 28.5. The second-order valence-corrected chi connectivity index (χ2v) is 13.7. The van der Waals surface area contributed by atoms with Crippen LogP contribution in [0.4, 0.5) is 0 Å². The molecule has 49 heavy (non-hydrogen) atoms. The van der Waals surface area contributed by atoms with E-state index >= 15 is 0 Å². The highest BCUT2D eigenvalue weighted by molar-refractivity contribution is 6.04. The van der Waals surface area contributed by atoms with Crippen LogP contribution in [-0.2, 0) is 19.3 Å². The van der Waals surface area contributed by atoms with Gasteiger partial charge in [0, 0.05) is 0 Å². The van der Waals surface area contributed by atoms with E-state index in [4.69, 9.17) is 0 Å². The number of fused-ring (bicyclic) bond motifs is 6. The fourth-order valence-electron chi connectivity index (χ4n) is 8.05. The van der Waals surface area contributed by atoms with Crippen molar-refractivity contribution < 1.29 is 0 Å². The van der Waals surface area contributed by atoms with Crippen LogP contribution < -0.4 is 0 Å².